The Hall–Kier alpha value is -0.590. The van der Waals surface area contributed by atoms with Gasteiger partial charge >= 0.3 is 0 Å². The number of H-pyrrole nitrogens is 1. The van der Waals surface area contributed by atoms with Crippen LogP contribution in [0.5, 0.6) is 0 Å². The number of hydrogen-bond acceptors (Lipinski definition) is 3. The second-order valence-corrected chi connectivity index (χ2v) is 5.13. The highest BCUT2D eigenvalue weighted by Crippen LogP contribution is 2.04. The smallest absolute Gasteiger partial charge is 0.257 e. The standard InChI is InChI=1S/C7H12ClN3O2S/c1-2-6(8)5-10-14(12,13)7-3-4-9-11-7/h3-4,6,10H,2,5H2,1H3,(H,9,11). The van der Waals surface area contributed by atoms with Gasteiger partial charge in [-0.15, -0.1) is 11.6 Å². The summed E-state index contributed by atoms with van der Waals surface area (Å²) in [6.07, 6.45) is 2.10. The fourth-order valence-corrected chi connectivity index (χ4v) is 1.97. The zero-order valence-corrected chi connectivity index (χ0v) is 9.27. The molecule has 0 bridgehead atoms. The van der Waals surface area contributed by atoms with E-state index in [1.807, 2.05) is 6.92 Å². The van der Waals surface area contributed by atoms with Gasteiger partial charge in [0.05, 0.1) is 6.20 Å². The molecule has 1 aromatic heterocycles. The van der Waals surface area contributed by atoms with Gasteiger partial charge < -0.3 is 0 Å². The van der Waals surface area contributed by atoms with E-state index in [1.54, 1.807) is 0 Å². The molecule has 14 heavy (non-hydrogen) atoms. The number of aromatic amines is 1. The summed E-state index contributed by atoms with van der Waals surface area (Å²) in [4.78, 5) is 0. The minimum Gasteiger partial charge on any atom is -0.266 e. The van der Waals surface area contributed by atoms with Crippen LogP contribution in [0.3, 0.4) is 0 Å². The zero-order chi connectivity index (χ0) is 10.6. The Morgan fingerprint density at radius 2 is 2.43 bits per heavy atom. The van der Waals surface area contributed by atoms with Crippen LogP contribution in [0.25, 0.3) is 0 Å². The average molecular weight is 238 g/mol. The van der Waals surface area contributed by atoms with Gasteiger partial charge in [0.2, 0.25) is 0 Å². The van der Waals surface area contributed by atoms with E-state index in [0.717, 1.165) is 0 Å². The van der Waals surface area contributed by atoms with Crippen LogP contribution in [-0.2, 0) is 10.0 Å². The number of halogens is 1. The Bertz CT molecular complexity index is 362. The molecule has 0 radical (unpaired) electrons. The largest absolute Gasteiger partial charge is 0.266 e. The summed E-state index contributed by atoms with van der Waals surface area (Å²) >= 11 is 5.78. The van der Waals surface area contributed by atoms with Crippen molar-refractivity contribution in [1.29, 1.82) is 0 Å². The number of nitrogens with one attached hydrogen (secondary N) is 2. The van der Waals surface area contributed by atoms with E-state index in [2.05, 4.69) is 14.9 Å². The summed E-state index contributed by atoms with van der Waals surface area (Å²) < 4.78 is 25.3. The lowest BCUT2D eigenvalue weighted by Crippen LogP contribution is -2.29. The normalized spacial score (nSPS) is 14.1. The maximum Gasteiger partial charge on any atom is 0.257 e. The summed E-state index contributed by atoms with van der Waals surface area (Å²) in [6.45, 7) is 2.11. The molecule has 0 saturated carbocycles. The first kappa shape index (κ1) is 11.5. The van der Waals surface area contributed by atoms with Crippen molar-refractivity contribution in [1.82, 2.24) is 14.9 Å². The Morgan fingerprint density at radius 3 is 2.93 bits per heavy atom. The molecule has 0 aliphatic rings. The van der Waals surface area contributed by atoms with Crippen molar-refractivity contribution in [2.24, 2.45) is 0 Å². The molecule has 2 N–H and O–H groups in total. The van der Waals surface area contributed by atoms with Crippen molar-refractivity contribution in [3.63, 3.8) is 0 Å². The fraction of sp³-hybridized carbons (Fsp3) is 0.571. The third-order valence-corrected chi connectivity index (χ3v) is 3.52. The van der Waals surface area contributed by atoms with Crippen molar-refractivity contribution in [2.45, 2.75) is 23.7 Å². The van der Waals surface area contributed by atoms with E-state index < -0.39 is 10.0 Å². The molecule has 0 fully saturated rings. The Morgan fingerprint density at radius 1 is 1.71 bits per heavy atom. The molecule has 0 amide bonds. The molecule has 1 unspecified atom stereocenters. The van der Waals surface area contributed by atoms with E-state index in [4.69, 9.17) is 11.6 Å². The highest BCUT2D eigenvalue weighted by Gasteiger charge is 2.15. The van der Waals surface area contributed by atoms with Gasteiger partial charge in [0, 0.05) is 11.9 Å². The Kier molecular flexibility index (Phi) is 3.91. The number of sulfonamides is 1. The maximum absolute atomic E-state index is 11.5. The lowest BCUT2D eigenvalue weighted by Gasteiger charge is -2.07. The van der Waals surface area contributed by atoms with E-state index in [0.29, 0.717) is 6.42 Å². The minimum atomic E-state index is -3.47. The number of rotatable bonds is 5. The molecule has 1 aromatic rings. The van der Waals surface area contributed by atoms with Crippen LogP contribution < -0.4 is 4.72 Å². The van der Waals surface area contributed by atoms with Crippen molar-refractivity contribution < 1.29 is 8.42 Å². The maximum atomic E-state index is 11.5. The Balaban J connectivity index is 2.60. The number of hydrogen-bond donors (Lipinski definition) is 2. The van der Waals surface area contributed by atoms with Gasteiger partial charge in [-0.25, -0.2) is 13.1 Å². The van der Waals surface area contributed by atoms with E-state index in [9.17, 15) is 8.42 Å². The average Bonchev–Trinajstić information content (AvgIpc) is 2.67. The van der Waals surface area contributed by atoms with E-state index >= 15 is 0 Å². The summed E-state index contributed by atoms with van der Waals surface area (Å²) in [5.74, 6) is 0. The lowest BCUT2D eigenvalue weighted by atomic mass is 10.3. The Labute approximate surface area is 87.9 Å². The van der Waals surface area contributed by atoms with Crippen LogP contribution in [-0.4, -0.2) is 30.5 Å². The third-order valence-electron chi connectivity index (χ3n) is 1.70. The highest BCUT2D eigenvalue weighted by molar-refractivity contribution is 7.89. The van der Waals surface area contributed by atoms with Crippen molar-refractivity contribution in [2.75, 3.05) is 6.54 Å². The SMILES string of the molecule is CCC(Cl)CNS(=O)(=O)c1ccn[nH]1. The monoisotopic (exact) mass is 237 g/mol. The van der Waals surface area contributed by atoms with Gasteiger partial charge in [-0.05, 0) is 12.5 Å². The second kappa shape index (κ2) is 4.77. The third kappa shape index (κ3) is 2.97. The quantitative estimate of drug-likeness (QED) is 0.741. The van der Waals surface area contributed by atoms with Crippen LogP contribution in [0, 0.1) is 0 Å². The summed E-state index contributed by atoms with van der Waals surface area (Å²) in [5, 5.41) is 5.80. The molecule has 1 heterocycles. The van der Waals surface area contributed by atoms with Gasteiger partial charge in [-0.2, -0.15) is 5.10 Å². The fourth-order valence-electron chi connectivity index (χ4n) is 0.815. The molecule has 0 aliphatic heterocycles. The van der Waals surface area contributed by atoms with E-state index in [1.165, 1.54) is 12.3 Å². The molecule has 1 rings (SSSR count). The number of nitrogens with zero attached hydrogens (tertiary/aromatic N) is 1. The molecule has 0 aromatic carbocycles. The molecule has 0 aliphatic carbocycles. The predicted molar refractivity (Wildman–Crippen MR) is 53.7 cm³/mol. The molecular weight excluding hydrogens is 226 g/mol. The van der Waals surface area contributed by atoms with Gasteiger partial charge in [0.15, 0.2) is 5.03 Å². The first-order chi connectivity index (χ1) is 6.56. The second-order valence-electron chi connectivity index (χ2n) is 2.78. The van der Waals surface area contributed by atoms with Crippen LogP contribution in [0.1, 0.15) is 13.3 Å². The van der Waals surface area contributed by atoms with E-state index in [-0.39, 0.29) is 16.9 Å². The minimum absolute atomic E-state index is 0.0532. The zero-order valence-electron chi connectivity index (χ0n) is 7.70. The molecule has 5 nitrogen and oxygen atoms in total. The van der Waals surface area contributed by atoms with Gasteiger partial charge in [-0.1, -0.05) is 6.92 Å². The van der Waals surface area contributed by atoms with Crippen LogP contribution in [0.4, 0.5) is 0 Å². The number of aromatic nitrogens is 2. The summed E-state index contributed by atoms with van der Waals surface area (Å²) in [5.41, 5.74) is 0. The molecule has 80 valence electrons. The summed E-state index contributed by atoms with van der Waals surface area (Å²) in [7, 11) is -3.47. The van der Waals surface area contributed by atoms with Crippen LogP contribution >= 0.6 is 11.6 Å². The molecule has 0 saturated heterocycles. The van der Waals surface area contributed by atoms with Gasteiger partial charge in [0.1, 0.15) is 0 Å². The first-order valence-corrected chi connectivity index (χ1v) is 6.11. The van der Waals surface area contributed by atoms with Gasteiger partial charge in [0.25, 0.3) is 10.0 Å². The predicted octanol–water partition coefficient (Wildman–Crippen LogP) is 0.705. The molecule has 0 spiro atoms. The van der Waals surface area contributed by atoms with Crippen LogP contribution in [0.15, 0.2) is 17.3 Å². The van der Waals surface area contributed by atoms with Crippen molar-refractivity contribution in [3.05, 3.63) is 12.3 Å². The highest BCUT2D eigenvalue weighted by atomic mass is 35.5. The molecular formula is C7H12ClN3O2S. The lowest BCUT2D eigenvalue weighted by molar-refractivity contribution is 0.574. The molecule has 7 heteroatoms. The van der Waals surface area contributed by atoms with Crippen molar-refractivity contribution >= 4 is 21.6 Å². The number of alkyl halides is 1. The van der Waals surface area contributed by atoms with Crippen molar-refractivity contribution in [3.8, 4) is 0 Å². The van der Waals surface area contributed by atoms with Gasteiger partial charge in [-0.3, -0.25) is 5.10 Å². The first-order valence-electron chi connectivity index (χ1n) is 4.19. The summed E-state index contributed by atoms with van der Waals surface area (Å²) in [6, 6.07) is 1.39. The topological polar surface area (TPSA) is 74.8 Å². The van der Waals surface area contributed by atoms with Crippen LogP contribution in [0.2, 0.25) is 0 Å². The molecule has 1 atom stereocenters.